The molecule has 124 valence electrons. The monoisotopic (exact) mass is 339 g/mol. The van der Waals surface area contributed by atoms with Gasteiger partial charge < -0.3 is 5.32 Å². The molecule has 0 bridgehead atoms. The molecule has 0 fully saturated rings. The zero-order chi connectivity index (χ0) is 17.9. The number of benzene rings is 2. The molecule has 0 unspecified atom stereocenters. The van der Waals surface area contributed by atoms with E-state index in [1.807, 2.05) is 58.0 Å². The highest BCUT2D eigenvalue weighted by Gasteiger charge is 2.18. The highest BCUT2D eigenvalue weighted by Crippen LogP contribution is 2.27. The lowest BCUT2D eigenvalue weighted by atomic mass is 9.85. The lowest BCUT2D eigenvalue weighted by Gasteiger charge is -2.19. The van der Waals surface area contributed by atoms with Gasteiger partial charge in [-0.1, -0.05) is 43.5 Å². The second-order valence-corrected chi connectivity index (χ2v) is 7.10. The molecule has 0 spiro atoms. The van der Waals surface area contributed by atoms with Gasteiger partial charge in [0.15, 0.2) is 0 Å². The maximum absolute atomic E-state index is 12.5. The smallest absolute Gasteiger partial charge is 0.255 e. The number of nitrogens with one attached hydrogen (secondary N) is 1. The average Bonchev–Trinajstić information content (AvgIpc) is 2.55. The van der Waals surface area contributed by atoms with Crippen molar-refractivity contribution in [2.24, 2.45) is 0 Å². The first-order valence-corrected chi connectivity index (χ1v) is 8.31. The van der Waals surface area contributed by atoms with Gasteiger partial charge in [0, 0.05) is 16.3 Å². The fourth-order valence-electron chi connectivity index (χ4n) is 2.40. The highest BCUT2D eigenvalue weighted by molar-refractivity contribution is 6.31. The van der Waals surface area contributed by atoms with Crippen LogP contribution in [0.2, 0.25) is 5.02 Å². The third-order valence-electron chi connectivity index (χ3n) is 4.08. The Bertz CT molecular complexity index is 800. The first-order chi connectivity index (χ1) is 11.2. The summed E-state index contributed by atoms with van der Waals surface area (Å²) >= 11 is 6.19. The maximum Gasteiger partial charge on any atom is 0.255 e. The minimum absolute atomic E-state index is 0.163. The summed E-state index contributed by atoms with van der Waals surface area (Å²) in [5.41, 5.74) is 2.88. The molecular weight excluding hydrogens is 318 g/mol. The summed E-state index contributed by atoms with van der Waals surface area (Å²) in [5.74, 6) is 2.86. The van der Waals surface area contributed by atoms with Crippen molar-refractivity contribution in [3.8, 4) is 12.3 Å². The molecule has 1 N–H and O–H groups in total. The van der Waals surface area contributed by atoms with E-state index in [1.165, 1.54) is 0 Å². The minimum Gasteiger partial charge on any atom is -0.322 e. The van der Waals surface area contributed by atoms with Crippen molar-refractivity contribution in [1.29, 1.82) is 0 Å². The standard InChI is InChI=1S/C21H22ClNO/c1-6-21(4,5)16-8-7-9-17(13-16)23-20(24)15-10-11-19(22)18(12-15)14(2)3/h1,7-14H,2-5H3,(H,23,24). The first-order valence-electron chi connectivity index (χ1n) is 7.93. The average molecular weight is 340 g/mol. The molecule has 0 radical (unpaired) electrons. The molecule has 2 rings (SSSR count). The molecule has 24 heavy (non-hydrogen) atoms. The van der Waals surface area contributed by atoms with Crippen LogP contribution < -0.4 is 5.32 Å². The number of hydrogen-bond donors (Lipinski definition) is 1. The third-order valence-corrected chi connectivity index (χ3v) is 4.43. The number of amides is 1. The van der Waals surface area contributed by atoms with E-state index in [2.05, 4.69) is 11.2 Å². The number of carbonyl (C=O) groups excluding carboxylic acids is 1. The summed E-state index contributed by atoms with van der Waals surface area (Å²) in [7, 11) is 0. The van der Waals surface area contributed by atoms with E-state index in [-0.39, 0.29) is 17.2 Å². The van der Waals surface area contributed by atoms with Crippen molar-refractivity contribution < 1.29 is 4.79 Å². The van der Waals surface area contributed by atoms with E-state index in [1.54, 1.807) is 12.1 Å². The number of hydrogen-bond acceptors (Lipinski definition) is 1. The van der Waals surface area contributed by atoms with Gasteiger partial charge in [0.1, 0.15) is 0 Å². The molecule has 0 saturated carbocycles. The van der Waals surface area contributed by atoms with E-state index in [4.69, 9.17) is 18.0 Å². The quantitative estimate of drug-likeness (QED) is 0.719. The van der Waals surface area contributed by atoms with E-state index < -0.39 is 0 Å². The largest absolute Gasteiger partial charge is 0.322 e. The van der Waals surface area contributed by atoms with Crippen LogP contribution in [-0.2, 0) is 5.41 Å². The summed E-state index contributed by atoms with van der Waals surface area (Å²) in [5, 5.41) is 3.61. The van der Waals surface area contributed by atoms with Gasteiger partial charge in [-0.2, -0.15) is 0 Å². The van der Waals surface area contributed by atoms with Crippen molar-refractivity contribution in [2.75, 3.05) is 5.32 Å². The molecule has 0 aliphatic heterocycles. The van der Waals surface area contributed by atoms with Crippen LogP contribution in [-0.4, -0.2) is 5.91 Å². The molecule has 0 aliphatic carbocycles. The van der Waals surface area contributed by atoms with Crippen LogP contribution in [0.15, 0.2) is 42.5 Å². The summed E-state index contributed by atoms with van der Waals surface area (Å²) in [4.78, 5) is 12.5. The second-order valence-electron chi connectivity index (χ2n) is 6.70. The number of rotatable bonds is 4. The van der Waals surface area contributed by atoms with Gasteiger partial charge >= 0.3 is 0 Å². The molecule has 0 aliphatic rings. The van der Waals surface area contributed by atoms with Gasteiger partial charge in [-0.15, -0.1) is 6.42 Å². The van der Waals surface area contributed by atoms with E-state index in [0.717, 1.165) is 16.8 Å². The van der Waals surface area contributed by atoms with Crippen LogP contribution in [0.25, 0.3) is 0 Å². The van der Waals surface area contributed by atoms with Crippen LogP contribution >= 0.6 is 11.6 Å². The molecule has 2 aromatic carbocycles. The number of halogens is 1. The van der Waals surface area contributed by atoms with Gasteiger partial charge in [0.25, 0.3) is 5.91 Å². The Kier molecular flexibility index (Phi) is 5.36. The summed E-state index contributed by atoms with van der Waals surface area (Å²) in [6, 6.07) is 13.0. The summed E-state index contributed by atoms with van der Waals surface area (Å²) in [6.45, 7) is 8.05. The molecule has 2 nitrogen and oxygen atoms in total. The molecular formula is C21H22ClNO. The number of terminal acetylenes is 1. The van der Waals surface area contributed by atoms with Gasteiger partial charge in [-0.25, -0.2) is 0 Å². The maximum atomic E-state index is 12.5. The van der Waals surface area contributed by atoms with E-state index >= 15 is 0 Å². The highest BCUT2D eigenvalue weighted by atomic mass is 35.5. The predicted octanol–water partition coefficient (Wildman–Crippen LogP) is 5.63. The number of carbonyl (C=O) groups is 1. The Balaban J connectivity index is 2.26. The Morgan fingerprint density at radius 1 is 1.21 bits per heavy atom. The van der Waals surface area contributed by atoms with Crippen LogP contribution in [0.4, 0.5) is 5.69 Å². The summed E-state index contributed by atoms with van der Waals surface area (Å²) in [6.07, 6.45) is 5.59. The van der Waals surface area contributed by atoms with Crippen molar-refractivity contribution in [2.45, 2.75) is 39.0 Å². The van der Waals surface area contributed by atoms with Crippen LogP contribution in [0.5, 0.6) is 0 Å². The van der Waals surface area contributed by atoms with Crippen LogP contribution in [0.3, 0.4) is 0 Å². The third kappa shape index (κ3) is 3.99. The molecule has 3 heteroatoms. The SMILES string of the molecule is C#CC(C)(C)c1cccc(NC(=O)c2ccc(Cl)c(C(C)C)c2)c1. The fourth-order valence-corrected chi connectivity index (χ4v) is 2.74. The van der Waals surface area contributed by atoms with Crippen LogP contribution in [0.1, 0.15) is 55.1 Å². The molecule has 2 aromatic rings. The Morgan fingerprint density at radius 2 is 1.92 bits per heavy atom. The topological polar surface area (TPSA) is 29.1 Å². The van der Waals surface area contributed by atoms with Gasteiger partial charge in [0.2, 0.25) is 0 Å². The van der Waals surface area contributed by atoms with Gasteiger partial charge in [-0.05, 0) is 61.2 Å². The zero-order valence-electron chi connectivity index (χ0n) is 14.5. The lowest BCUT2D eigenvalue weighted by molar-refractivity contribution is 0.102. The first kappa shape index (κ1) is 18.1. The van der Waals surface area contributed by atoms with Crippen LogP contribution in [0, 0.1) is 12.3 Å². The molecule has 0 heterocycles. The van der Waals surface area contributed by atoms with Crippen molar-refractivity contribution in [3.05, 3.63) is 64.2 Å². The molecule has 1 amide bonds. The van der Waals surface area contributed by atoms with E-state index in [9.17, 15) is 4.79 Å². The summed E-state index contributed by atoms with van der Waals surface area (Å²) < 4.78 is 0. The zero-order valence-corrected chi connectivity index (χ0v) is 15.2. The molecule has 0 atom stereocenters. The normalized spacial score (nSPS) is 11.2. The van der Waals surface area contributed by atoms with Crippen molar-refractivity contribution in [3.63, 3.8) is 0 Å². The lowest BCUT2D eigenvalue weighted by Crippen LogP contribution is -2.16. The Labute approximate surface area is 149 Å². The number of anilines is 1. The molecule has 0 saturated heterocycles. The van der Waals surface area contributed by atoms with E-state index in [0.29, 0.717) is 10.6 Å². The van der Waals surface area contributed by atoms with Crippen molar-refractivity contribution >= 4 is 23.2 Å². The van der Waals surface area contributed by atoms with Gasteiger partial charge in [0.05, 0.1) is 5.41 Å². The Hall–Kier alpha value is -2.24. The fraction of sp³-hybridized carbons (Fsp3) is 0.286. The Morgan fingerprint density at radius 3 is 2.54 bits per heavy atom. The minimum atomic E-state index is -0.383. The predicted molar refractivity (Wildman–Crippen MR) is 102 cm³/mol. The van der Waals surface area contributed by atoms with Gasteiger partial charge in [-0.3, -0.25) is 4.79 Å². The van der Waals surface area contributed by atoms with Crippen molar-refractivity contribution in [1.82, 2.24) is 0 Å². The second kappa shape index (κ2) is 7.11. The molecule has 0 aromatic heterocycles.